The summed E-state index contributed by atoms with van der Waals surface area (Å²) in [4.78, 5) is 14.3. The van der Waals surface area contributed by atoms with E-state index in [1.807, 2.05) is 43.6 Å². The molecule has 0 fully saturated rings. The lowest BCUT2D eigenvalue weighted by atomic mass is 10.1. The van der Waals surface area contributed by atoms with Gasteiger partial charge >= 0.3 is 0 Å². The van der Waals surface area contributed by atoms with Crippen LogP contribution < -0.4 is 10.6 Å². The molecule has 2 heterocycles. The molecular weight excluding hydrogens is 366 g/mol. The van der Waals surface area contributed by atoms with Gasteiger partial charge in [-0.3, -0.25) is 0 Å². The van der Waals surface area contributed by atoms with Gasteiger partial charge in [-0.15, -0.1) is 0 Å². The van der Waals surface area contributed by atoms with Crippen molar-refractivity contribution in [3.05, 3.63) is 47.9 Å². The molecule has 5 nitrogen and oxygen atoms in total. The average Bonchev–Trinajstić information content (AvgIpc) is 3.14. The standard InChI is InChI=1S/C19H22ClN5S/c1-3-13(8-9-21-2)25-19-22-11-18(26-19)17-10-16(23-12-24-17)14-6-4-5-7-15(14)20/h4-7,10-13,21H,3,8-9H2,1-2H3,(H,22,25). The summed E-state index contributed by atoms with van der Waals surface area (Å²) < 4.78 is 0. The summed E-state index contributed by atoms with van der Waals surface area (Å²) in [5.74, 6) is 0. The van der Waals surface area contributed by atoms with Crippen LogP contribution in [0.2, 0.25) is 5.02 Å². The second kappa shape index (κ2) is 9.07. The first kappa shape index (κ1) is 18.8. The molecule has 7 heteroatoms. The van der Waals surface area contributed by atoms with E-state index in [0.29, 0.717) is 11.1 Å². The van der Waals surface area contributed by atoms with Gasteiger partial charge in [-0.05, 0) is 38.6 Å². The van der Waals surface area contributed by atoms with Crippen molar-refractivity contribution in [2.45, 2.75) is 25.8 Å². The predicted molar refractivity (Wildman–Crippen MR) is 110 cm³/mol. The van der Waals surface area contributed by atoms with Crippen molar-refractivity contribution in [1.82, 2.24) is 20.3 Å². The van der Waals surface area contributed by atoms with E-state index in [-0.39, 0.29) is 0 Å². The Morgan fingerprint density at radius 1 is 1.15 bits per heavy atom. The molecule has 0 saturated carbocycles. The van der Waals surface area contributed by atoms with Gasteiger partial charge in [0.15, 0.2) is 5.13 Å². The number of nitrogens with zero attached hydrogens (tertiary/aromatic N) is 3. The molecule has 2 aromatic heterocycles. The Morgan fingerprint density at radius 2 is 1.96 bits per heavy atom. The number of anilines is 1. The van der Waals surface area contributed by atoms with Crippen molar-refractivity contribution in [2.75, 3.05) is 18.9 Å². The Labute approximate surface area is 162 Å². The van der Waals surface area contributed by atoms with E-state index >= 15 is 0 Å². The molecule has 26 heavy (non-hydrogen) atoms. The Bertz CT molecular complexity index is 851. The van der Waals surface area contributed by atoms with Crippen molar-refractivity contribution < 1.29 is 0 Å². The van der Waals surface area contributed by atoms with Crippen molar-refractivity contribution in [1.29, 1.82) is 0 Å². The van der Waals surface area contributed by atoms with Gasteiger partial charge in [-0.1, -0.05) is 48.1 Å². The molecular formula is C19H22ClN5S. The number of thiazole rings is 1. The topological polar surface area (TPSA) is 62.7 Å². The molecule has 3 aromatic rings. The smallest absolute Gasteiger partial charge is 0.183 e. The van der Waals surface area contributed by atoms with Gasteiger partial charge in [-0.25, -0.2) is 15.0 Å². The van der Waals surface area contributed by atoms with Crippen LogP contribution in [0, 0.1) is 0 Å². The predicted octanol–water partition coefficient (Wildman–Crippen LogP) is 4.72. The third kappa shape index (κ3) is 4.58. The van der Waals surface area contributed by atoms with Crippen LogP contribution in [0.4, 0.5) is 5.13 Å². The SMILES string of the molecule is CCC(CCNC)Nc1ncc(-c2cc(-c3ccccc3Cl)ncn2)s1. The number of hydrogen-bond donors (Lipinski definition) is 2. The van der Waals surface area contributed by atoms with E-state index in [0.717, 1.165) is 46.3 Å². The maximum Gasteiger partial charge on any atom is 0.183 e. The highest BCUT2D eigenvalue weighted by atomic mass is 35.5. The van der Waals surface area contributed by atoms with Gasteiger partial charge in [0.2, 0.25) is 0 Å². The van der Waals surface area contributed by atoms with Gasteiger partial charge in [0.05, 0.1) is 16.3 Å². The summed E-state index contributed by atoms with van der Waals surface area (Å²) in [5, 5.41) is 8.30. The molecule has 0 aliphatic rings. The zero-order valence-electron chi connectivity index (χ0n) is 14.9. The van der Waals surface area contributed by atoms with E-state index in [1.54, 1.807) is 17.7 Å². The summed E-state index contributed by atoms with van der Waals surface area (Å²) in [6.07, 6.45) is 5.55. The molecule has 3 rings (SSSR count). The molecule has 0 radical (unpaired) electrons. The minimum atomic E-state index is 0.408. The number of benzene rings is 1. The molecule has 0 spiro atoms. The first-order valence-corrected chi connectivity index (χ1v) is 9.85. The summed E-state index contributed by atoms with van der Waals surface area (Å²) in [5.41, 5.74) is 2.56. The fraction of sp³-hybridized carbons (Fsp3) is 0.316. The van der Waals surface area contributed by atoms with E-state index in [9.17, 15) is 0 Å². The van der Waals surface area contributed by atoms with Crippen LogP contribution >= 0.6 is 22.9 Å². The molecule has 0 aliphatic heterocycles. The van der Waals surface area contributed by atoms with Crippen LogP contribution in [-0.2, 0) is 0 Å². The number of rotatable bonds is 8. The van der Waals surface area contributed by atoms with Crippen LogP contribution in [0.5, 0.6) is 0 Å². The second-order valence-corrected chi connectivity index (χ2v) is 7.38. The van der Waals surface area contributed by atoms with Gasteiger partial charge in [0.1, 0.15) is 6.33 Å². The maximum atomic E-state index is 6.29. The molecule has 1 aromatic carbocycles. The Kier molecular flexibility index (Phi) is 6.55. The zero-order chi connectivity index (χ0) is 18.4. The number of hydrogen-bond acceptors (Lipinski definition) is 6. The molecule has 1 atom stereocenters. The summed E-state index contributed by atoms with van der Waals surface area (Å²) >= 11 is 7.90. The van der Waals surface area contributed by atoms with Crippen LogP contribution in [0.1, 0.15) is 19.8 Å². The number of aromatic nitrogens is 3. The molecule has 1 unspecified atom stereocenters. The van der Waals surface area contributed by atoms with Crippen molar-refractivity contribution in [3.8, 4) is 21.8 Å². The third-order valence-corrected chi connectivity index (χ3v) is 5.42. The minimum absolute atomic E-state index is 0.408. The second-order valence-electron chi connectivity index (χ2n) is 5.94. The highest BCUT2D eigenvalue weighted by molar-refractivity contribution is 7.18. The first-order chi connectivity index (χ1) is 12.7. The molecule has 136 valence electrons. The highest BCUT2D eigenvalue weighted by Gasteiger charge is 2.12. The lowest BCUT2D eigenvalue weighted by Crippen LogP contribution is -2.23. The number of nitrogens with one attached hydrogen (secondary N) is 2. The number of halogens is 1. The monoisotopic (exact) mass is 387 g/mol. The highest BCUT2D eigenvalue weighted by Crippen LogP contribution is 2.32. The summed E-state index contributed by atoms with van der Waals surface area (Å²) in [7, 11) is 1.97. The fourth-order valence-corrected chi connectivity index (χ4v) is 3.73. The first-order valence-electron chi connectivity index (χ1n) is 8.65. The van der Waals surface area contributed by atoms with Crippen LogP contribution in [0.3, 0.4) is 0 Å². The van der Waals surface area contributed by atoms with Crippen molar-refractivity contribution in [2.24, 2.45) is 0 Å². The Morgan fingerprint density at radius 3 is 2.73 bits per heavy atom. The van der Waals surface area contributed by atoms with Gasteiger partial charge in [0, 0.05) is 22.8 Å². The lowest BCUT2D eigenvalue weighted by Gasteiger charge is -2.15. The van der Waals surface area contributed by atoms with Crippen LogP contribution in [0.15, 0.2) is 42.9 Å². The quantitative estimate of drug-likeness (QED) is 0.585. The van der Waals surface area contributed by atoms with Crippen molar-refractivity contribution >= 4 is 28.1 Å². The average molecular weight is 388 g/mol. The Balaban J connectivity index is 1.79. The van der Waals surface area contributed by atoms with E-state index < -0.39 is 0 Å². The summed E-state index contributed by atoms with van der Waals surface area (Å²) in [6.45, 7) is 3.17. The zero-order valence-corrected chi connectivity index (χ0v) is 16.4. The molecule has 0 bridgehead atoms. The molecule has 0 amide bonds. The van der Waals surface area contributed by atoms with E-state index in [4.69, 9.17) is 11.6 Å². The van der Waals surface area contributed by atoms with Crippen LogP contribution in [0.25, 0.3) is 21.8 Å². The fourth-order valence-electron chi connectivity index (χ4n) is 2.64. The molecule has 0 aliphatic carbocycles. The van der Waals surface area contributed by atoms with Crippen LogP contribution in [-0.4, -0.2) is 34.6 Å². The van der Waals surface area contributed by atoms with Crippen molar-refractivity contribution in [3.63, 3.8) is 0 Å². The Hall–Kier alpha value is -2.02. The largest absolute Gasteiger partial charge is 0.359 e. The van der Waals surface area contributed by atoms with Gasteiger partial charge in [0.25, 0.3) is 0 Å². The van der Waals surface area contributed by atoms with Gasteiger partial charge in [-0.2, -0.15) is 0 Å². The van der Waals surface area contributed by atoms with Gasteiger partial charge < -0.3 is 10.6 Å². The lowest BCUT2D eigenvalue weighted by molar-refractivity contribution is 0.604. The molecule has 0 saturated heterocycles. The molecule has 2 N–H and O–H groups in total. The van der Waals surface area contributed by atoms with E-state index in [1.165, 1.54) is 0 Å². The van der Waals surface area contributed by atoms with E-state index in [2.05, 4.69) is 32.5 Å². The third-order valence-electron chi connectivity index (χ3n) is 4.14. The summed E-state index contributed by atoms with van der Waals surface area (Å²) in [6, 6.07) is 10.0. The normalized spacial score (nSPS) is 12.1. The minimum Gasteiger partial charge on any atom is -0.359 e. The maximum absolute atomic E-state index is 6.29.